The van der Waals surface area contributed by atoms with Crippen LogP contribution in [0.25, 0.3) is 0 Å². The summed E-state index contributed by atoms with van der Waals surface area (Å²) in [4.78, 5) is 4.35. The topological polar surface area (TPSA) is 12.4 Å². The van der Waals surface area contributed by atoms with E-state index in [1.54, 1.807) is 11.1 Å². The first-order valence-electron chi connectivity index (χ1n) is 9.08. The van der Waals surface area contributed by atoms with Crippen molar-refractivity contribution in [2.24, 2.45) is 16.3 Å². The molecule has 0 N–H and O–H groups in total. The first-order valence-corrected chi connectivity index (χ1v) is 9.48. The highest BCUT2D eigenvalue weighted by molar-refractivity contribution is 7.78. The van der Waals surface area contributed by atoms with Crippen molar-refractivity contribution in [2.75, 3.05) is 6.54 Å². The van der Waals surface area contributed by atoms with E-state index >= 15 is 0 Å². The molecule has 0 unspecified atom stereocenters. The maximum absolute atomic E-state index is 4.83. The highest BCUT2D eigenvalue weighted by Crippen LogP contribution is 2.57. The van der Waals surface area contributed by atoms with Gasteiger partial charge < -0.3 is 0 Å². The predicted molar refractivity (Wildman–Crippen MR) is 102 cm³/mol. The van der Waals surface area contributed by atoms with Crippen LogP contribution in [0.1, 0.15) is 76.0 Å². The maximum Gasteiger partial charge on any atom is 0.0585 e. The molecule has 3 rings (SSSR count). The van der Waals surface area contributed by atoms with E-state index in [9.17, 15) is 0 Å². The van der Waals surface area contributed by atoms with Crippen molar-refractivity contribution < 1.29 is 0 Å². The molecule has 124 valence electrons. The average Bonchev–Trinajstić information content (AvgIpc) is 2.52. The summed E-state index contributed by atoms with van der Waals surface area (Å²) in [5.74, 6) is 1.31. The van der Waals surface area contributed by atoms with Crippen molar-refractivity contribution in [1.82, 2.24) is 0 Å². The van der Waals surface area contributed by atoms with Crippen LogP contribution in [0, 0.1) is 11.3 Å². The molecule has 0 radical (unpaired) electrons. The van der Waals surface area contributed by atoms with Gasteiger partial charge in [-0.3, -0.25) is 0 Å². The number of aryl methyl sites for hydroxylation is 1. The van der Waals surface area contributed by atoms with E-state index in [1.807, 2.05) is 0 Å². The first-order chi connectivity index (χ1) is 10.9. The van der Waals surface area contributed by atoms with E-state index in [0.29, 0.717) is 17.3 Å². The van der Waals surface area contributed by atoms with Crippen molar-refractivity contribution in [2.45, 2.75) is 71.1 Å². The van der Waals surface area contributed by atoms with E-state index in [2.05, 4.69) is 56.0 Å². The van der Waals surface area contributed by atoms with Gasteiger partial charge in [-0.05, 0) is 77.3 Å². The van der Waals surface area contributed by atoms with Crippen LogP contribution in [0.15, 0.2) is 23.2 Å². The Morgan fingerprint density at radius 1 is 1.30 bits per heavy atom. The Morgan fingerprint density at radius 2 is 2.09 bits per heavy atom. The van der Waals surface area contributed by atoms with Crippen LogP contribution >= 0.6 is 12.2 Å². The molecule has 0 bridgehead atoms. The number of aliphatic imine (C=N–C) groups is 1. The number of fused-ring (bicyclic) bond motifs is 3. The van der Waals surface area contributed by atoms with Gasteiger partial charge in [-0.25, -0.2) is 4.99 Å². The van der Waals surface area contributed by atoms with Gasteiger partial charge in [-0.15, -0.1) is 0 Å². The van der Waals surface area contributed by atoms with Crippen LogP contribution in [0.4, 0.5) is 0 Å². The molecular weight excluding hydrogens is 298 g/mol. The molecule has 1 nitrogen and oxygen atoms in total. The van der Waals surface area contributed by atoms with Crippen LogP contribution in [-0.2, 0) is 11.8 Å². The zero-order chi connectivity index (χ0) is 16.7. The van der Waals surface area contributed by atoms with Gasteiger partial charge in [-0.1, -0.05) is 52.3 Å². The normalized spacial score (nSPS) is 32.8. The van der Waals surface area contributed by atoms with Gasteiger partial charge >= 0.3 is 0 Å². The third kappa shape index (κ3) is 2.81. The zero-order valence-corrected chi connectivity index (χ0v) is 15.8. The number of hydrogen-bond donors (Lipinski definition) is 0. The Bertz CT molecular complexity index is 643. The monoisotopic (exact) mass is 327 g/mol. The van der Waals surface area contributed by atoms with Gasteiger partial charge in [0.05, 0.1) is 11.7 Å². The Hall–Kier alpha value is -0.980. The second kappa shape index (κ2) is 6.15. The fourth-order valence-corrected chi connectivity index (χ4v) is 5.47. The molecule has 1 aromatic carbocycles. The molecule has 3 atom stereocenters. The Balaban J connectivity index is 2.02. The van der Waals surface area contributed by atoms with Gasteiger partial charge in [-0.2, -0.15) is 0 Å². The maximum atomic E-state index is 4.83. The van der Waals surface area contributed by atoms with Crippen LogP contribution in [0.3, 0.4) is 0 Å². The number of nitrogens with zero attached hydrogens (tertiary/aromatic N) is 1. The van der Waals surface area contributed by atoms with Crippen molar-refractivity contribution in [3.05, 3.63) is 34.9 Å². The Labute approximate surface area is 146 Å². The molecule has 0 aromatic heterocycles. The molecule has 0 amide bonds. The lowest BCUT2D eigenvalue weighted by Crippen LogP contribution is -2.50. The minimum absolute atomic E-state index is 0.271. The summed E-state index contributed by atoms with van der Waals surface area (Å²) in [6.45, 7) is 10.4. The van der Waals surface area contributed by atoms with Crippen molar-refractivity contribution >= 4 is 17.4 Å². The summed E-state index contributed by atoms with van der Waals surface area (Å²) in [6.07, 6.45) is 6.37. The minimum atomic E-state index is 0.271. The third-order valence-corrected chi connectivity index (χ3v) is 6.80. The molecule has 0 heterocycles. The molecule has 0 aliphatic heterocycles. The average molecular weight is 328 g/mol. The summed E-state index contributed by atoms with van der Waals surface area (Å²) in [5.41, 5.74) is 5.25. The second-order valence-electron chi connectivity index (χ2n) is 8.50. The molecule has 0 spiro atoms. The molecule has 2 heteroatoms. The fourth-order valence-electron chi connectivity index (χ4n) is 5.41. The van der Waals surface area contributed by atoms with Crippen molar-refractivity contribution in [1.29, 1.82) is 0 Å². The molecule has 1 aromatic rings. The lowest BCUT2D eigenvalue weighted by molar-refractivity contribution is 0.0332. The van der Waals surface area contributed by atoms with E-state index in [4.69, 9.17) is 12.2 Å². The number of isothiocyanates is 1. The summed E-state index contributed by atoms with van der Waals surface area (Å²) in [7, 11) is 0. The molecule has 23 heavy (non-hydrogen) atoms. The summed E-state index contributed by atoms with van der Waals surface area (Å²) in [6, 6.07) is 7.27. The standard InChI is InChI=1S/C21H29NS/c1-15(2)16-6-8-18-17(12-16)7-9-19-20(3,13-22-14-23)10-5-11-21(18,19)4/h6,8,12,15,19H,5,7,9-11,13H2,1-4H3/t19-,20-,21-/m1/s1. The minimum Gasteiger partial charge on any atom is -0.232 e. The highest BCUT2D eigenvalue weighted by atomic mass is 32.1. The van der Waals surface area contributed by atoms with Crippen LogP contribution in [0.2, 0.25) is 0 Å². The predicted octanol–water partition coefficient (Wildman–Crippen LogP) is 5.92. The van der Waals surface area contributed by atoms with Crippen LogP contribution in [0.5, 0.6) is 0 Å². The van der Waals surface area contributed by atoms with E-state index < -0.39 is 0 Å². The molecular formula is C21H29NS. The van der Waals surface area contributed by atoms with Gasteiger partial charge in [0.2, 0.25) is 0 Å². The zero-order valence-electron chi connectivity index (χ0n) is 15.0. The number of rotatable bonds is 3. The highest BCUT2D eigenvalue weighted by Gasteiger charge is 2.51. The van der Waals surface area contributed by atoms with E-state index in [-0.39, 0.29) is 5.41 Å². The second-order valence-corrected chi connectivity index (χ2v) is 8.68. The van der Waals surface area contributed by atoms with Gasteiger partial charge in [0, 0.05) is 0 Å². The molecule has 2 aliphatic carbocycles. The number of thiocarbonyl (C=S) groups is 1. The first kappa shape index (κ1) is 16.9. The van der Waals surface area contributed by atoms with Crippen molar-refractivity contribution in [3.63, 3.8) is 0 Å². The SMILES string of the molecule is CC(C)c1ccc2c(c1)CC[C@@H]1[C@@](C)(CN=C=S)CCC[C@]21C. The van der Waals surface area contributed by atoms with Gasteiger partial charge in [0.15, 0.2) is 0 Å². The van der Waals surface area contributed by atoms with E-state index in [0.717, 1.165) is 6.54 Å². The molecule has 1 fully saturated rings. The van der Waals surface area contributed by atoms with Gasteiger partial charge in [0.1, 0.15) is 0 Å². The summed E-state index contributed by atoms with van der Waals surface area (Å²) in [5, 5.41) is 2.60. The Morgan fingerprint density at radius 3 is 2.78 bits per heavy atom. The van der Waals surface area contributed by atoms with Crippen molar-refractivity contribution in [3.8, 4) is 0 Å². The summed E-state index contributed by atoms with van der Waals surface area (Å²) < 4.78 is 0. The van der Waals surface area contributed by atoms with Gasteiger partial charge in [0.25, 0.3) is 0 Å². The lowest BCUT2D eigenvalue weighted by atomic mass is 9.50. The van der Waals surface area contributed by atoms with Crippen LogP contribution < -0.4 is 0 Å². The smallest absolute Gasteiger partial charge is 0.0585 e. The molecule has 0 saturated heterocycles. The number of benzene rings is 1. The fraction of sp³-hybridized carbons (Fsp3) is 0.667. The molecule has 1 saturated carbocycles. The third-order valence-electron chi connectivity index (χ3n) is 6.67. The Kier molecular flexibility index (Phi) is 4.51. The largest absolute Gasteiger partial charge is 0.232 e. The van der Waals surface area contributed by atoms with Crippen LogP contribution in [-0.4, -0.2) is 11.7 Å². The number of hydrogen-bond acceptors (Lipinski definition) is 2. The van der Waals surface area contributed by atoms with E-state index in [1.165, 1.54) is 37.7 Å². The molecule has 2 aliphatic rings. The lowest BCUT2D eigenvalue weighted by Gasteiger charge is -2.55. The quantitative estimate of drug-likeness (QED) is 0.495. The summed E-state index contributed by atoms with van der Waals surface area (Å²) >= 11 is 4.83.